The van der Waals surface area contributed by atoms with E-state index in [1.807, 2.05) is 54.6 Å². The summed E-state index contributed by atoms with van der Waals surface area (Å²) in [5.74, 6) is -13.5. The molecule has 0 saturated carbocycles. The monoisotopic (exact) mass is 1420 g/mol. The molecule has 12 rings (SSSR count). The number of nitrogens with two attached hydrogens (primary N) is 1. The Balaban J connectivity index is 0.000000182. The predicted molar refractivity (Wildman–Crippen MR) is 347 cm³/mol. The van der Waals surface area contributed by atoms with E-state index < -0.39 is 89.1 Å². The van der Waals surface area contributed by atoms with E-state index in [1.165, 1.54) is 66.7 Å². The maximum absolute atomic E-state index is 14.6. The molecule has 3 amide bonds. The van der Waals surface area contributed by atoms with Gasteiger partial charge >= 0.3 is 59.2 Å². The summed E-state index contributed by atoms with van der Waals surface area (Å²) in [4.78, 5) is 89.9. The van der Waals surface area contributed by atoms with E-state index >= 15 is 0 Å². The number of rotatable bonds is 16. The molecule has 3 N–H and O–H groups in total. The number of pyridine rings is 1. The summed E-state index contributed by atoms with van der Waals surface area (Å²) >= 11 is 0. The number of benzene rings is 5. The van der Waals surface area contributed by atoms with Crippen LogP contribution in [0.15, 0.2) is 182 Å². The first-order valence-electron chi connectivity index (χ1n) is 30.3. The highest BCUT2D eigenvalue weighted by Crippen LogP contribution is 2.37. The number of ether oxygens (including phenoxy) is 5. The van der Waals surface area contributed by atoms with Crippen LogP contribution in [-0.4, -0.2) is 145 Å². The molecule has 0 radical (unpaired) electrons. The van der Waals surface area contributed by atoms with E-state index in [0.29, 0.717) is 35.2 Å². The Bertz CT molecular complexity index is 4400. The van der Waals surface area contributed by atoms with Crippen LogP contribution in [0.25, 0.3) is 0 Å². The van der Waals surface area contributed by atoms with Crippen molar-refractivity contribution in [3.8, 4) is 11.5 Å². The van der Waals surface area contributed by atoms with Crippen LogP contribution in [-0.2, 0) is 42.1 Å². The topological polar surface area (TPSA) is 379 Å². The van der Waals surface area contributed by atoms with Crippen LogP contribution in [0, 0.1) is 0 Å². The van der Waals surface area contributed by atoms with Gasteiger partial charge in [0, 0.05) is 37.0 Å². The first kappa shape index (κ1) is 76.2. The third kappa shape index (κ3) is 19.4. The van der Waals surface area contributed by atoms with Gasteiger partial charge in [-0.15, -0.1) is 53.2 Å². The number of carbonyl (C=O) groups is 7. The normalized spacial score (nSPS) is 15.2. The number of nitrogens with one attached hydrogen (secondary N) is 1. The Hall–Kier alpha value is -12.1. The summed E-state index contributed by atoms with van der Waals surface area (Å²) in [6, 6.07) is 41.0. The number of anilines is 2. The van der Waals surface area contributed by atoms with Gasteiger partial charge in [-0.1, -0.05) is 133 Å². The Labute approximate surface area is 578 Å². The van der Waals surface area contributed by atoms with Crippen LogP contribution in [0.1, 0.15) is 128 Å². The zero-order valence-corrected chi connectivity index (χ0v) is 55.5. The third-order valence-corrected chi connectivity index (χ3v) is 13.9. The van der Waals surface area contributed by atoms with Crippen molar-refractivity contribution in [3.05, 3.63) is 233 Å². The fourth-order valence-corrected chi connectivity index (χ4v) is 8.82. The van der Waals surface area contributed by atoms with E-state index in [4.69, 9.17) is 33.2 Å². The first-order valence-corrected chi connectivity index (χ1v) is 30.3. The van der Waals surface area contributed by atoms with Crippen LogP contribution in [0.3, 0.4) is 0 Å². The molecule has 34 heteroatoms. The van der Waals surface area contributed by atoms with Crippen LogP contribution in [0.4, 0.5) is 29.1 Å². The summed E-state index contributed by atoms with van der Waals surface area (Å²) in [5.41, 5.74) is 7.34. The Morgan fingerprint density at radius 3 is 1.52 bits per heavy atom. The second kappa shape index (κ2) is 35.4. The second-order valence-electron chi connectivity index (χ2n) is 20.8. The van der Waals surface area contributed by atoms with Crippen molar-refractivity contribution in [2.75, 3.05) is 43.7 Å². The molecule has 0 spiro atoms. The van der Waals surface area contributed by atoms with E-state index in [9.17, 15) is 51.1 Å². The largest absolute Gasteiger partial charge is 0.486 e. The summed E-state index contributed by atoms with van der Waals surface area (Å²) in [6.07, 6.45) is 0.927. The number of hydrogen-bond donors (Lipinski definition) is 2. The average molecular weight is 1420 g/mol. The van der Waals surface area contributed by atoms with E-state index in [2.05, 4.69) is 65.0 Å². The highest BCUT2D eigenvalue weighted by molar-refractivity contribution is 6.06. The average Bonchev–Trinajstić information content (AvgIpc) is 1.71. The molecule has 5 aromatic heterocycles. The maximum Gasteiger partial charge on any atom is 0.396 e. The number of aromatic nitrogens is 9. The van der Waals surface area contributed by atoms with Gasteiger partial charge in [0.25, 0.3) is 23.6 Å². The molecule has 2 aliphatic heterocycles. The SMILES string of the molecule is CCOC(=O)c1nnc(C(=O)c2ccccc2)o1.CCOC(=O)c1nnc(C(F)(F)c2ccccc2)o1.CCOC(=O)c1nnc(Cc2ccccc2)o1.C[C@H]1Oc2ccccc2N(C)C(=O)[C@H]1N.C[C@H]1Oc2cccnc2N(C)C(=O)[C@H]1NC(=O)c1nnc(C(F)(F)c2ccccc2)o1.Cl. The number of fused-ring (bicyclic) bond motifs is 2. The van der Waals surface area contributed by atoms with Crippen LogP contribution in [0.2, 0.25) is 0 Å². The molecule has 4 atom stereocenters. The van der Waals surface area contributed by atoms with Gasteiger partial charge in [0.15, 0.2) is 11.6 Å². The van der Waals surface area contributed by atoms with E-state index in [-0.39, 0.29) is 73.0 Å². The highest BCUT2D eigenvalue weighted by atomic mass is 35.5. The van der Waals surface area contributed by atoms with Gasteiger partial charge in [0.1, 0.15) is 30.0 Å². The fraction of sp³-hybridized carbons (Fsp3) is 0.254. The lowest BCUT2D eigenvalue weighted by atomic mass is 10.1. The lowest BCUT2D eigenvalue weighted by Crippen LogP contribution is -2.53. The van der Waals surface area contributed by atoms with Gasteiger partial charge < -0.3 is 57.3 Å². The predicted octanol–water partition coefficient (Wildman–Crippen LogP) is 9.03. The van der Waals surface area contributed by atoms with Crippen molar-refractivity contribution in [3.63, 3.8) is 0 Å². The molecule has 528 valence electrons. The number of hydrogen-bond acceptors (Lipinski definition) is 26. The smallest absolute Gasteiger partial charge is 0.396 e. The van der Waals surface area contributed by atoms with Gasteiger partial charge in [-0.3, -0.25) is 24.1 Å². The third-order valence-electron chi connectivity index (χ3n) is 13.9. The first-order chi connectivity index (χ1) is 48.0. The molecule has 10 aromatic rings. The van der Waals surface area contributed by atoms with Gasteiger partial charge in [-0.05, 0) is 64.4 Å². The van der Waals surface area contributed by atoms with Crippen LogP contribution < -0.4 is 30.3 Å². The summed E-state index contributed by atoms with van der Waals surface area (Å²) in [7, 11) is 3.20. The summed E-state index contributed by atoms with van der Waals surface area (Å²) in [6.45, 7) is 8.92. The zero-order chi connectivity index (χ0) is 72.1. The lowest BCUT2D eigenvalue weighted by Gasteiger charge is -2.22. The number of para-hydroxylation sites is 2. The van der Waals surface area contributed by atoms with E-state index in [0.717, 1.165) is 11.3 Å². The Morgan fingerprint density at radius 2 is 0.960 bits per heavy atom. The number of ketones is 1. The fourth-order valence-electron chi connectivity index (χ4n) is 8.82. The highest BCUT2D eigenvalue weighted by Gasteiger charge is 2.43. The molecule has 0 bridgehead atoms. The maximum atomic E-state index is 14.6. The van der Waals surface area contributed by atoms with Crippen molar-refractivity contribution in [1.82, 2.24) is 51.1 Å². The molecule has 0 saturated heterocycles. The van der Waals surface area contributed by atoms with E-state index in [1.54, 1.807) is 101 Å². The Morgan fingerprint density at radius 1 is 0.515 bits per heavy atom. The molecule has 5 aromatic carbocycles. The minimum Gasteiger partial charge on any atom is -0.486 e. The summed E-state index contributed by atoms with van der Waals surface area (Å²) < 4.78 is 102. The number of nitrogens with zero attached hydrogens (tertiary/aromatic N) is 11. The zero-order valence-electron chi connectivity index (χ0n) is 54.7. The molecule has 2 aliphatic rings. The van der Waals surface area contributed by atoms with Crippen molar-refractivity contribution < 1.29 is 92.5 Å². The van der Waals surface area contributed by atoms with Crippen LogP contribution >= 0.6 is 12.4 Å². The second-order valence-corrected chi connectivity index (χ2v) is 20.8. The number of likely N-dealkylation sites (N-methyl/N-ethyl adjacent to an activating group) is 2. The van der Waals surface area contributed by atoms with Gasteiger partial charge in [0.05, 0.1) is 31.9 Å². The molecule has 0 fully saturated rings. The van der Waals surface area contributed by atoms with Gasteiger partial charge in [-0.2, -0.15) is 17.6 Å². The number of carbonyl (C=O) groups excluding carboxylic acids is 7. The molecule has 7 heterocycles. The quantitative estimate of drug-likeness (QED) is 0.0394. The Kier molecular flexibility index (Phi) is 26.7. The molecular formula is C67H64ClF4N13O16. The standard InChI is InChI=1S/C20H17F2N5O4.C12H10F2N2O3.C12H10N2O4.C12H12N2O3.C11H14N2O2.ClH/c1-11-14(18(29)27(2)15-13(30-11)9-6-10-23-15)24-16(28)17-25-26-19(31-17)20(21,22)12-7-4-3-5-8-12;1-2-18-10(17)9-15-16-11(19-9)12(13,14)8-6-4-3-5-7-8;1-2-17-12(16)11-14-13-10(18-11)9(15)8-6-4-3-5-7-8;1-2-16-12(15)11-14-13-10(17-11)8-9-6-4-3-5-7-9;1-7-10(12)11(14)13(2)8-5-3-4-6-9(8)15-7;/h3-11,14H,1-2H3,(H,24,28);3-7H,2H2,1H3;3-7H,2H2,1H3;3-7H,2,8H2,1H3;3-7,10H,12H2,1-2H3;1H/t11-,14+;;;;7-,10+;/m1...1./s1. The number of alkyl halides is 4. The molecular weight excluding hydrogens is 1350 g/mol. The van der Waals surface area contributed by atoms with Crippen molar-refractivity contribution >= 4 is 65.3 Å². The molecule has 29 nitrogen and oxygen atoms in total. The van der Waals surface area contributed by atoms with Gasteiger partial charge in [0.2, 0.25) is 17.6 Å². The number of esters is 3. The van der Waals surface area contributed by atoms with Crippen LogP contribution in [0.5, 0.6) is 11.5 Å². The molecule has 101 heavy (non-hydrogen) atoms. The molecule has 0 unspecified atom stereocenters. The minimum atomic E-state index is -3.59. The van der Waals surface area contributed by atoms with Crippen molar-refractivity contribution in [2.45, 2.75) is 77.2 Å². The van der Waals surface area contributed by atoms with Crippen molar-refractivity contribution in [1.29, 1.82) is 0 Å². The summed E-state index contributed by atoms with van der Waals surface area (Å²) in [5, 5.41) is 30.0. The number of amides is 3. The number of halogens is 5. The minimum absolute atomic E-state index is 0. The lowest BCUT2D eigenvalue weighted by molar-refractivity contribution is -0.122. The van der Waals surface area contributed by atoms with Crippen molar-refractivity contribution in [2.24, 2.45) is 5.73 Å². The molecule has 0 aliphatic carbocycles. The van der Waals surface area contributed by atoms with Gasteiger partial charge in [-0.25, -0.2) is 19.4 Å².